The number of nitro groups is 1. The summed E-state index contributed by atoms with van der Waals surface area (Å²) in [6.45, 7) is 1.95. The minimum atomic E-state index is -0.481. The van der Waals surface area contributed by atoms with Crippen LogP contribution in [-0.4, -0.2) is 22.0 Å². The summed E-state index contributed by atoms with van der Waals surface area (Å²) in [5.74, 6) is -0.400. The topological polar surface area (TPSA) is 97.5 Å². The Morgan fingerprint density at radius 3 is 2.62 bits per heavy atom. The van der Waals surface area contributed by atoms with Gasteiger partial charge in [0, 0.05) is 33.1 Å². The molecule has 0 atom stereocenters. The number of hydrogen-bond donors (Lipinski definition) is 1. The molecule has 1 amide bonds. The molecular formula is C24H17BrN4O3. The number of fused-ring (bicyclic) bond motifs is 1. The number of aryl methyl sites for hydroxylation is 1. The van der Waals surface area contributed by atoms with Crippen LogP contribution in [0.3, 0.4) is 0 Å². The van der Waals surface area contributed by atoms with Crippen molar-refractivity contribution in [2.45, 2.75) is 6.92 Å². The van der Waals surface area contributed by atoms with Crippen LogP contribution in [0.4, 0.5) is 5.69 Å². The smallest absolute Gasteiger partial charge is 0.267 e. The Hall–Kier alpha value is -3.91. The van der Waals surface area contributed by atoms with Gasteiger partial charge in [-0.3, -0.25) is 14.9 Å². The van der Waals surface area contributed by atoms with Gasteiger partial charge in [-0.1, -0.05) is 51.8 Å². The summed E-state index contributed by atoms with van der Waals surface area (Å²) in [6.07, 6.45) is 1.37. The summed E-state index contributed by atoms with van der Waals surface area (Å²) in [6, 6.07) is 21.2. The average Bonchev–Trinajstić information content (AvgIpc) is 2.79. The van der Waals surface area contributed by atoms with Gasteiger partial charge >= 0.3 is 0 Å². The largest absolute Gasteiger partial charge is 0.272 e. The number of amides is 1. The van der Waals surface area contributed by atoms with Crippen LogP contribution in [0.2, 0.25) is 0 Å². The van der Waals surface area contributed by atoms with Crippen LogP contribution in [-0.2, 0) is 0 Å². The van der Waals surface area contributed by atoms with Crippen molar-refractivity contribution in [3.05, 3.63) is 104 Å². The SMILES string of the molecule is Cc1ccc2nc(-c3ccc(Br)cc3)cc(C(=O)NN=Cc3cccc([N+](=O)[O-])c3)c2c1. The molecule has 1 N–H and O–H groups in total. The first-order chi connectivity index (χ1) is 15.4. The van der Waals surface area contributed by atoms with Crippen LogP contribution in [0, 0.1) is 17.0 Å². The lowest BCUT2D eigenvalue weighted by Crippen LogP contribution is -2.18. The van der Waals surface area contributed by atoms with Crippen LogP contribution >= 0.6 is 15.9 Å². The summed E-state index contributed by atoms with van der Waals surface area (Å²) < 4.78 is 0.950. The maximum Gasteiger partial charge on any atom is 0.272 e. The molecule has 0 aliphatic heterocycles. The first kappa shape index (κ1) is 21.3. The third-order valence-corrected chi connectivity index (χ3v) is 5.34. The zero-order valence-corrected chi connectivity index (χ0v) is 18.5. The van der Waals surface area contributed by atoms with Crippen molar-refractivity contribution in [2.24, 2.45) is 5.10 Å². The highest BCUT2D eigenvalue weighted by molar-refractivity contribution is 9.10. The van der Waals surface area contributed by atoms with Crippen molar-refractivity contribution in [1.82, 2.24) is 10.4 Å². The molecule has 0 bridgehead atoms. The molecular weight excluding hydrogens is 472 g/mol. The van der Waals surface area contributed by atoms with E-state index in [0.29, 0.717) is 27.7 Å². The molecule has 0 spiro atoms. The maximum atomic E-state index is 13.0. The number of halogens is 1. The summed E-state index contributed by atoms with van der Waals surface area (Å²) in [5, 5.41) is 15.6. The highest BCUT2D eigenvalue weighted by Gasteiger charge is 2.14. The van der Waals surface area contributed by atoms with E-state index in [0.717, 1.165) is 15.6 Å². The second-order valence-corrected chi connectivity index (χ2v) is 8.05. The molecule has 1 aromatic heterocycles. The fourth-order valence-corrected chi connectivity index (χ4v) is 3.50. The van der Waals surface area contributed by atoms with Crippen LogP contribution in [0.25, 0.3) is 22.2 Å². The number of hydrogen-bond acceptors (Lipinski definition) is 5. The molecule has 32 heavy (non-hydrogen) atoms. The molecule has 0 fully saturated rings. The van der Waals surface area contributed by atoms with E-state index in [1.807, 2.05) is 49.4 Å². The first-order valence-corrected chi connectivity index (χ1v) is 10.5. The molecule has 0 unspecified atom stereocenters. The van der Waals surface area contributed by atoms with Gasteiger partial charge in [-0.05, 0) is 37.3 Å². The zero-order valence-electron chi connectivity index (χ0n) is 16.9. The van der Waals surface area contributed by atoms with Crippen LogP contribution < -0.4 is 5.43 Å². The average molecular weight is 489 g/mol. The van der Waals surface area contributed by atoms with Crippen molar-refractivity contribution >= 4 is 44.6 Å². The maximum absolute atomic E-state index is 13.0. The molecule has 0 saturated heterocycles. The molecule has 0 aliphatic carbocycles. The lowest BCUT2D eigenvalue weighted by molar-refractivity contribution is -0.384. The number of pyridine rings is 1. The standard InChI is InChI=1S/C24H17BrN4O3/c1-15-5-10-22-20(11-15)21(13-23(27-22)17-6-8-18(25)9-7-17)24(30)28-26-14-16-3-2-4-19(12-16)29(31)32/h2-14H,1H3,(H,28,30). The number of nitrogens with one attached hydrogen (secondary N) is 1. The van der Waals surface area contributed by atoms with Crippen molar-refractivity contribution in [2.75, 3.05) is 0 Å². The van der Waals surface area contributed by atoms with E-state index >= 15 is 0 Å². The molecule has 4 aromatic rings. The number of hydrazone groups is 1. The van der Waals surface area contributed by atoms with Crippen LogP contribution in [0.5, 0.6) is 0 Å². The predicted molar refractivity (Wildman–Crippen MR) is 128 cm³/mol. The molecule has 1 heterocycles. The lowest BCUT2D eigenvalue weighted by Gasteiger charge is -2.10. The Kier molecular flexibility index (Phi) is 6.04. The van der Waals surface area contributed by atoms with Crippen LogP contribution in [0.1, 0.15) is 21.5 Å². The molecule has 0 radical (unpaired) electrons. The molecule has 3 aromatic carbocycles. The number of carbonyl (C=O) groups excluding carboxylic acids is 1. The van der Waals surface area contributed by atoms with Gasteiger partial charge in [0.2, 0.25) is 0 Å². The monoisotopic (exact) mass is 488 g/mol. The molecule has 7 nitrogen and oxygen atoms in total. The Labute approximate surface area is 192 Å². The fourth-order valence-electron chi connectivity index (χ4n) is 3.24. The van der Waals surface area contributed by atoms with Crippen molar-refractivity contribution in [3.63, 3.8) is 0 Å². The third-order valence-electron chi connectivity index (χ3n) is 4.81. The third kappa shape index (κ3) is 4.70. The van der Waals surface area contributed by atoms with Gasteiger partial charge in [-0.25, -0.2) is 10.4 Å². The number of rotatable bonds is 5. The fraction of sp³-hybridized carbons (Fsp3) is 0.0417. The first-order valence-electron chi connectivity index (χ1n) is 9.66. The molecule has 8 heteroatoms. The van der Waals surface area contributed by atoms with E-state index in [1.165, 1.54) is 18.3 Å². The second-order valence-electron chi connectivity index (χ2n) is 7.13. The molecule has 158 valence electrons. The number of carbonyl (C=O) groups is 1. The highest BCUT2D eigenvalue weighted by atomic mass is 79.9. The minimum Gasteiger partial charge on any atom is -0.267 e. The van der Waals surface area contributed by atoms with Gasteiger partial charge in [-0.15, -0.1) is 0 Å². The Morgan fingerprint density at radius 2 is 1.88 bits per heavy atom. The van der Waals surface area contributed by atoms with Gasteiger partial charge < -0.3 is 0 Å². The molecule has 4 rings (SSSR count). The summed E-state index contributed by atoms with van der Waals surface area (Å²) in [7, 11) is 0. The van der Waals surface area contributed by atoms with Crippen molar-refractivity contribution < 1.29 is 9.72 Å². The van der Waals surface area contributed by atoms with Crippen molar-refractivity contribution in [1.29, 1.82) is 0 Å². The van der Waals surface area contributed by atoms with Crippen LogP contribution in [0.15, 0.2) is 82.4 Å². The van der Waals surface area contributed by atoms with E-state index in [4.69, 9.17) is 4.98 Å². The summed E-state index contributed by atoms with van der Waals surface area (Å²) in [5.41, 5.74) is 6.67. The quantitative estimate of drug-likeness (QED) is 0.223. The van der Waals surface area contributed by atoms with Gasteiger partial charge in [0.25, 0.3) is 11.6 Å². The normalized spacial score (nSPS) is 11.1. The second kappa shape index (κ2) is 9.07. The highest BCUT2D eigenvalue weighted by Crippen LogP contribution is 2.27. The minimum absolute atomic E-state index is 0.0463. The van der Waals surface area contributed by atoms with Gasteiger partial charge in [0.1, 0.15) is 0 Å². The number of non-ortho nitro benzene ring substituents is 1. The van der Waals surface area contributed by atoms with Gasteiger partial charge in [0.15, 0.2) is 0 Å². The van der Waals surface area contributed by atoms with Gasteiger partial charge in [0.05, 0.1) is 27.9 Å². The Balaban J connectivity index is 1.68. The van der Waals surface area contributed by atoms with Crippen molar-refractivity contribution in [3.8, 4) is 11.3 Å². The summed E-state index contributed by atoms with van der Waals surface area (Å²) in [4.78, 5) is 28.2. The Bertz CT molecular complexity index is 1370. The molecule has 0 saturated carbocycles. The van der Waals surface area contributed by atoms with E-state index in [1.54, 1.807) is 18.2 Å². The predicted octanol–water partition coefficient (Wildman–Crippen LogP) is 5.64. The van der Waals surface area contributed by atoms with Gasteiger partial charge in [-0.2, -0.15) is 5.10 Å². The number of nitrogens with zero attached hydrogens (tertiary/aromatic N) is 3. The lowest BCUT2D eigenvalue weighted by atomic mass is 10.0. The Morgan fingerprint density at radius 1 is 1.09 bits per heavy atom. The number of benzene rings is 3. The number of nitro benzene ring substituents is 1. The van der Waals surface area contributed by atoms with E-state index < -0.39 is 10.8 Å². The zero-order chi connectivity index (χ0) is 22.7. The number of aromatic nitrogens is 1. The van der Waals surface area contributed by atoms with E-state index in [-0.39, 0.29) is 5.69 Å². The summed E-state index contributed by atoms with van der Waals surface area (Å²) >= 11 is 3.43. The van der Waals surface area contributed by atoms with E-state index in [9.17, 15) is 14.9 Å². The molecule has 0 aliphatic rings. The van der Waals surface area contributed by atoms with E-state index in [2.05, 4.69) is 26.5 Å².